The summed E-state index contributed by atoms with van der Waals surface area (Å²) >= 11 is 0. The van der Waals surface area contributed by atoms with E-state index in [0.717, 1.165) is 51.7 Å². The van der Waals surface area contributed by atoms with Gasteiger partial charge in [-0.2, -0.15) is 0 Å². The van der Waals surface area contributed by atoms with Crippen molar-refractivity contribution in [2.75, 3.05) is 13.2 Å². The van der Waals surface area contributed by atoms with Crippen LogP contribution in [0, 0.1) is 6.92 Å². The second kappa shape index (κ2) is 10.8. The van der Waals surface area contributed by atoms with Gasteiger partial charge in [-0.3, -0.25) is 0 Å². The van der Waals surface area contributed by atoms with Crippen LogP contribution in [0.5, 0.6) is 0 Å². The van der Waals surface area contributed by atoms with Gasteiger partial charge in [0.05, 0.1) is 11.7 Å². The first kappa shape index (κ1) is 17.9. The predicted molar refractivity (Wildman–Crippen MR) is 78.8 cm³/mol. The molecule has 0 rings (SSSR count). The second-order valence-corrected chi connectivity index (χ2v) is 5.29. The molecule has 1 radical (unpaired) electrons. The molecule has 18 heavy (non-hydrogen) atoms. The summed E-state index contributed by atoms with van der Waals surface area (Å²) in [6.45, 7) is 14.6. The lowest BCUT2D eigenvalue weighted by molar-refractivity contribution is -0.0245. The fourth-order valence-corrected chi connectivity index (χ4v) is 1.74. The highest BCUT2D eigenvalue weighted by molar-refractivity contribution is 4.82. The number of rotatable bonds is 12. The summed E-state index contributed by atoms with van der Waals surface area (Å²) in [4.78, 5) is 0. The highest BCUT2D eigenvalue weighted by Crippen LogP contribution is 2.22. The Morgan fingerprint density at radius 3 is 2.33 bits per heavy atom. The molecule has 0 saturated carbocycles. The first-order valence-corrected chi connectivity index (χ1v) is 7.68. The zero-order valence-corrected chi connectivity index (χ0v) is 13.0. The molecular formula is C16H33O2. The zero-order valence-electron chi connectivity index (χ0n) is 13.0. The topological polar surface area (TPSA) is 18.5 Å². The number of hydrogen-bond acceptors (Lipinski definition) is 2. The molecule has 0 spiro atoms. The third-order valence-corrected chi connectivity index (χ3v) is 3.55. The smallest absolute Gasteiger partial charge is 0.0681 e. The molecule has 2 unspecified atom stereocenters. The molecule has 2 nitrogen and oxygen atoms in total. The summed E-state index contributed by atoms with van der Waals surface area (Å²) in [5, 5.41) is 0. The molecule has 0 aromatic rings. The van der Waals surface area contributed by atoms with E-state index in [1.165, 1.54) is 6.42 Å². The van der Waals surface area contributed by atoms with E-state index in [4.69, 9.17) is 9.47 Å². The minimum absolute atomic E-state index is 0.175. The van der Waals surface area contributed by atoms with Crippen molar-refractivity contribution in [3.8, 4) is 0 Å². The van der Waals surface area contributed by atoms with Gasteiger partial charge in [0.1, 0.15) is 0 Å². The normalized spacial score (nSPS) is 16.5. The van der Waals surface area contributed by atoms with Gasteiger partial charge in [0.25, 0.3) is 0 Å². The van der Waals surface area contributed by atoms with E-state index in [-0.39, 0.29) is 5.60 Å². The van der Waals surface area contributed by atoms with Crippen LogP contribution >= 0.6 is 0 Å². The molecule has 2 atom stereocenters. The lowest BCUT2D eigenvalue weighted by Crippen LogP contribution is -2.28. The van der Waals surface area contributed by atoms with Gasteiger partial charge in [0, 0.05) is 13.2 Å². The van der Waals surface area contributed by atoms with Crippen molar-refractivity contribution in [1.82, 2.24) is 0 Å². The molecule has 0 aromatic heterocycles. The molecule has 0 saturated heterocycles. The quantitative estimate of drug-likeness (QED) is 0.469. The number of ether oxygens (including phenoxy) is 2. The Balaban J connectivity index is 3.65. The van der Waals surface area contributed by atoms with E-state index in [9.17, 15) is 0 Å². The van der Waals surface area contributed by atoms with Crippen LogP contribution in [-0.4, -0.2) is 24.9 Å². The molecule has 0 N–H and O–H groups in total. The van der Waals surface area contributed by atoms with E-state index in [1.54, 1.807) is 0 Å². The maximum atomic E-state index is 5.92. The molecule has 0 aromatic carbocycles. The Morgan fingerprint density at radius 1 is 1.06 bits per heavy atom. The fourth-order valence-electron chi connectivity index (χ4n) is 1.74. The van der Waals surface area contributed by atoms with Gasteiger partial charge in [-0.1, -0.05) is 27.2 Å². The molecule has 0 aliphatic heterocycles. The number of unbranched alkanes of at least 4 members (excludes halogenated alkanes) is 2. The minimum atomic E-state index is -0.175. The Kier molecular flexibility index (Phi) is 10.8. The standard InChI is InChI=1S/C16H33O2/c1-6-9-14-18-16(5,8-3)12-10-11-13-17-15(4)7-2/h15H,5-14H2,1-4H3. The van der Waals surface area contributed by atoms with E-state index in [0.29, 0.717) is 6.10 Å². The van der Waals surface area contributed by atoms with Gasteiger partial charge in [0.15, 0.2) is 0 Å². The van der Waals surface area contributed by atoms with Crippen molar-refractivity contribution in [2.45, 2.75) is 84.3 Å². The maximum absolute atomic E-state index is 5.92. The molecule has 0 fully saturated rings. The molecule has 0 aliphatic rings. The lowest BCUT2D eigenvalue weighted by Gasteiger charge is -2.28. The highest BCUT2D eigenvalue weighted by Gasteiger charge is 2.21. The monoisotopic (exact) mass is 257 g/mol. The molecule has 0 amide bonds. The van der Waals surface area contributed by atoms with E-state index in [2.05, 4.69) is 34.6 Å². The van der Waals surface area contributed by atoms with Gasteiger partial charge in [-0.25, -0.2) is 0 Å². The van der Waals surface area contributed by atoms with Crippen LogP contribution in [0.15, 0.2) is 0 Å². The summed E-state index contributed by atoms with van der Waals surface area (Å²) in [5.41, 5.74) is -0.175. The maximum Gasteiger partial charge on any atom is 0.0681 e. The first-order chi connectivity index (χ1) is 8.58. The summed E-state index contributed by atoms with van der Waals surface area (Å²) in [7, 11) is 0. The van der Waals surface area contributed by atoms with Crippen molar-refractivity contribution in [3.05, 3.63) is 6.92 Å². The zero-order chi connectivity index (χ0) is 13.9. The van der Waals surface area contributed by atoms with Gasteiger partial charge in [-0.15, -0.1) is 0 Å². The van der Waals surface area contributed by atoms with Crippen LogP contribution in [0.1, 0.15) is 72.6 Å². The fraction of sp³-hybridized carbons (Fsp3) is 0.938. The van der Waals surface area contributed by atoms with E-state index < -0.39 is 0 Å². The molecule has 0 aliphatic carbocycles. The molecule has 109 valence electrons. The van der Waals surface area contributed by atoms with Gasteiger partial charge < -0.3 is 9.47 Å². The van der Waals surface area contributed by atoms with Gasteiger partial charge in [0.2, 0.25) is 0 Å². The van der Waals surface area contributed by atoms with Crippen LogP contribution in [0.2, 0.25) is 0 Å². The van der Waals surface area contributed by atoms with Crippen molar-refractivity contribution in [1.29, 1.82) is 0 Å². The third kappa shape index (κ3) is 8.93. The van der Waals surface area contributed by atoms with Gasteiger partial charge >= 0.3 is 0 Å². The van der Waals surface area contributed by atoms with Crippen molar-refractivity contribution in [2.24, 2.45) is 0 Å². The Hall–Kier alpha value is -0.0800. The molecule has 0 heterocycles. The minimum Gasteiger partial charge on any atom is -0.379 e. The largest absolute Gasteiger partial charge is 0.379 e. The van der Waals surface area contributed by atoms with Crippen molar-refractivity contribution in [3.63, 3.8) is 0 Å². The molecular weight excluding hydrogens is 224 g/mol. The molecule has 2 heteroatoms. The van der Waals surface area contributed by atoms with Crippen LogP contribution < -0.4 is 0 Å². The lowest BCUT2D eigenvalue weighted by atomic mass is 9.96. The Morgan fingerprint density at radius 2 is 1.78 bits per heavy atom. The van der Waals surface area contributed by atoms with E-state index >= 15 is 0 Å². The average molecular weight is 257 g/mol. The van der Waals surface area contributed by atoms with Crippen LogP contribution in [0.3, 0.4) is 0 Å². The van der Waals surface area contributed by atoms with Crippen LogP contribution in [0.25, 0.3) is 0 Å². The van der Waals surface area contributed by atoms with Gasteiger partial charge in [-0.05, 0) is 52.4 Å². The van der Waals surface area contributed by atoms with Crippen molar-refractivity contribution < 1.29 is 9.47 Å². The Labute approximate surface area is 114 Å². The summed E-state index contributed by atoms with van der Waals surface area (Å²) in [5.74, 6) is 0. The molecule has 0 bridgehead atoms. The predicted octanol–water partition coefficient (Wildman–Crippen LogP) is 4.77. The summed E-state index contributed by atoms with van der Waals surface area (Å²) in [6, 6.07) is 0. The number of hydrogen-bond donors (Lipinski definition) is 0. The first-order valence-electron chi connectivity index (χ1n) is 7.68. The summed E-state index contributed by atoms with van der Waals surface area (Å²) < 4.78 is 11.6. The van der Waals surface area contributed by atoms with Crippen LogP contribution in [0.4, 0.5) is 0 Å². The van der Waals surface area contributed by atoms with Crippen LogP contribution in [-0.2, 0) is 9.47 Å². The third-order valence-electron chi connectivity index (χ3n) is 3.55. The summed E-state index contributed by atoms with van der Waals surface area (Å²) in [6.07, 6.45) is 8.07. The Bertz CT molecular complexity index is 182. The second-order valence-electron chi connectivity index (χ2n) is 5.29. The SMILES string of the molecule is [CH2]C(CC)(CCCCOC(C)CC)OCCCC. The van der Waals surface area contributed by atoms with E-state index in [1.807, 2.05) is 0 Å². The average Bonchev–Trinajstić information content (AvgIpc) is 2.38. The van der Waals surface area contributed by atoms with Crippen molar-refractivity contribution >= 4 is 0 Å². The highest BCUT2D eigenvalue weighted by atomic mass is 16.5.